The number of thiophene rings is 1. The minimum absolute atomic E-state index is 0.170. The topological polar surface area (TPSA) is 67.4 Å². The molecule has 2 aromatic rings. The van der Waals surface area contributed by atoms with Gasteiger partial charge in [0.1, 0.15) is 5.70 Å². The molecule has 0 atom stereocenters. The molecule has 0 fully saturated rings. The quantitative estimate of drug-likeness (QED) is 0.509. The molecule has 0 aliphatic carbocycles. The molecule has 1 aromatic carbocycles. The van der Waals surface area contributed by atoms with Gasteiger partial charge in [-0.3, -0.25) is 9.59 Å². The first kappa shape index (κ1) is 20.9. The number of benzene rings is 1. The highest BCUT2D eigenvalue weighted by molar-refractivity contribution is 7.10. The first-order chi connectivity index (χ1) is 13.0. The van der Waals surface area contributed by atoms with E-state index in [1.165, 1.54) is 11.3 Å². The maximum atomic E-state index is 12.6. The van der Waals surface area contributed by atoms with Gasteiger partial charge in [0.25, 0.3) is 11.8 Å². The number of amides is 2. The van der Waals surface area contributed by atoms with Crippen LogP contribution in [-0.2, 0) is 9.53 Å². The molecule has 0 radical (unpaired) electrons. The van der Waals surface area contributed by atoms with Gasteiger partial charge in [-0.2, -0.15) is 0 Å². The minimum Gasteiger partial charge on any atom is -0.379 e. The molecule has 2 rings (SSSR count). The van der Waals surface area contributed by atoms with Crippen LogP contribution in [0.25, 0.3) is 6.08 Å². The van der Waals surface area contributed by atoms with Gasteiger partial charge >= 0.3 is 0 Å². The number of ether oxygens (including phenoxy) is 1. The van der Waals surface area contributed by atoms with Crippen molar-refractivity contribution in [1.82, 2.24) is 10.6 Å². The summed E-state index contributed by atoms with van der Waals surface area (Å²) < 4.78 is 5.47. The van der Waals surface area contributed by atoms with Gasteiger partial charge in [0, 0.05) is 23.6 Å². The number of carbonyl (C=O) groups excluding carboxylic acids is 2. The zero-order chi connectivity index (χ0) is 19.6. The summed E-state index contributed by atoms with van der Waals surface area (Å²) in [7, 11) is 0. The summed E-state index contributed by atoms with van der Waals surface area (Å²) in [6.45, 7) is 6.97. The van der Waals surface area contributed by atoms with E-state index in [4.69, 9.17) is 4.74 Å². The largest absolute Gasteiger partial charge is 0.379 e. The van der Waals surface area contributed by atoms with E-state index in [2.05, 4.69) is 10.6 Å². The van der Waals surface area contributed by atoms with E-state index in [0.29, 0.717) is 25.1 Å². The van der Waals surface area contributed by atoms with Crippen molar-refractivity contribution in [2.24, 2.45) is 0 Å². The van der Waals surface area contributed by atoms with Gasteiger partial charge in [-0.25, -0.2) is 0 Å². The van der Waals surface area contributed by atoms with Gasteiger partial charge < -0.3 is 15.4 Å². The molecule has 0 aliphatic heterocycles. The normalized spacial score (nSPS) is 11.5. The number of hydrogen-bond donors (Lipinski definition) is 2. The Bertz CT molecular complexity index is 765. The van der Waals surface area contributed by atoms with Gasteiger partial charge in [0.15, 0.2) is 0 Å². The first-order valence-electron chi connectivity index (χ1n) is 8.98. The van der Waals surface area contributed by atoms with Crippen molar-refractivity contribution in [2.75, 3.05) is 13.2 Å². The van der Waals surface area contributed by atoms with Crippen molar-refractivity contribution >= 4 is 29.2 Å². The summed E-state index contributed by atoms with van der Waals surface area (Å²) in [5, 5.41) is 7.50. The lowest BCUT2D eigenvalue weighted by atomic mass is 10.1. The summed E-state index contributed by atoms with van der Waals surface area (Å²) in [6.07, 6.45) is 2.57. The molecule has 0 saturated heterocycles. The fourth-order valence-corrected chi connectivity index (χ4v) is 2.92. The maximum absolute atomic E-state index is 12.6. The SMILES string of the molecule is Cc1ccc(C(=O)N/C(=C\c2cccs2)C(=O)NCCCOC(C)C)cc1. The molecule has 2 N–H and O–H groups in total. The van der Waals surface area contributed by atoms with Crippen LogP contribution in [-0.4, -0.2) is 31.1 Å². The molecule has 0 aliphatic rings. The highest BCUT2D eigenvalue weighted by Crippen LogP contribution is 2.13. The highest BCUT2D eigenvalue weighted by atomic mass is 32.1. The maximum Gasteiger partial charge on any atom is 0.267 e. The molecular formula is C21H26N2O3S. The lowest BCUT2D eigenvalue weighted by Crippen LogP contribution is -2.35. The molecule has 1 heterocycles. The molecule has 27 heavy (non-hydrogen) atoms. The Morgan fingerprint density at radius 2 is 1.93 bits per heavy atom. The van der Waals surface area contributed by atoms with Crippen LogP contribution in [0.3, 0.4) is 0 Å². The summed E-state index contributed by atoms with van der Waals surface area (Å²) in [5.74, 6) is -0.621. The Balaban J connectivity index is 2.02. The number of hydrogen-bond acceptors (Lipinski definition) is 4. The number of nitrogens with one attached hydrogen (secondary N) is 2. The van der Waals surface area contributed by atoms with Crippen LogP contribution >= 0.6 is 11.3 Å². The standard InChI is InChI=1S/C21H26N2O3S/c1-15(2)26-12-5-11-22-21(25)19(14-18-6-4-13-27-18)23-20(24)17-9-7-16(3)8-10-17/h4,6-10,13-15H,5,11-12H2,1-3H3,(H,22,25)(H,23,24)/b19-14-. The van der Waals surface area contributed by atoms with Gasteiger partial charge in [-0.15, -0.1) is 11.3 Å². The van der Waals surface area contributed by atoms with Gasteiger partial charge in [0.05, 0.1) is 6.10 Å². The smallest absolute Gasteiger partial charge is 0.267 e. The third kappa shape index (κ3) is 7.37. The zero-order valence-electron chi connectivity index (χ0n) is 16.0. The number of aryl methyl sites for hydroxylation is 1. The van der Waals surface area contributed by atoms with Crippen molar-refractivity contribution < 1.29 is 14.3 Å². The molecule has 5 nitrogen and oxygen atoms in total. The van der Waals surface area contributed by atoms with Crippen molar-refractivity contribution in [1.29, 1.82) is 0 Å². The van der Waals surface area contributed by atoms with Crippen LogP contribution in [0.1, 0.15) is 41.1 Å². The Hall–Kier alpha value is -2.44. The van der Waals surface area contributed by atoms with E-state index < -0.39 is 0 Å². The average Bonchev–Trinajstić information content (AvgIpc) is 3.14. The molecule has 0 bridgehead atoms. The minimum atomic E-state index is -0.312. The molecule has 6 heteroatoms. The first-order valence-corrected chi connectivity index (χ1v) is 9.86. The second kappa shape index (κ2) is 10.6. The zero-order valence-corrected chi connectivity index (χ0v) is 16.8. The molecule has 1 aromatic heterocycles. The van der Waals surface area contributed by atoms with E-state index in [-0.39, 0.29) is 23.6 Å². The van der Waals surface area contributed by atoms with Crippen LogP contribution in [0.4, 0.5) is 0 Å². The van der Waals surface area contributed by atoms with Crippen LogP contribution in [0.5, 0.6) is 0 Å². The summed E-state index contributed by atoms with van der Waals surface area (Å²) >= 11 is 1.50. The van der Waals surface area contributed by atoms with Crippen molar-refractivity contribution in [3.63, 3.8) is 0 Å². The van der Waals surface area contributed by atoms with Gasteiger partial charge in [-0.05, 0) is 56.8 Å². The molecular weight excluding hydrogens is 360 g/mol. The van der Waals surface area contributed by atoms with Crippen LogP contribution < -0.4 is 10.6 Å². The van der Waals surface area contributed by atoms with E-state index in [1.54, 1.807) is 18.2 Å². The highest BCUT2D eigenvalue weighted by Gasteiger charge is 2.14. The number of rotatable bonds is 9. The summed E-state index contributed by atoms with van der Waals surface area (Å²) in [4.78, 5) is 26.0. The molecule has 2 amide bonds. The average molecular weight is 387 g/mol. The Morgan fingerprint density at radius 3 is 2.56 bits per heavy atom. The van der Waals surface area contributed by atoms with Crippen molar-refractivity contribution in [2.45, 2.75) is 33.3 Å². The van der Waals surface area contributed by atoms with Crippen molar-refractivity contribution in [3.8, 4) is 0 Å². The predicted octanol–water partition coefficient (Wildman–Crippen LogP) is 3.76. The fraction of sp³-hybridized carbons (Fsp3) is 0.333. The van der Waals surface area contributed by atoms with Crippen LogP contribution in [0.15, 0.2) is 47.5 Å². The van der Waals surface area contributed by atoms with E-state index in [1.807, 2.05) is 50.4 Å². The van der Waals surface area contributed by atoms with Crippen LogP contribution in [0.2, 0.25) is 0 Å². The lowest BCUT2D eigenvalue weighted by molar-refractivity contribution is -0.117. The second-order valence-electron chi connectivity index (χ2n) is 6.42. The monoisotopic (exact) mass is 386 g/mol. The fourth-order valence-electron chi connectivity index (χ4n) is 2.26. The van der Waals surface area contributed by atoms with Gasteiger partial charge in [-0.1, -0.05) is 23.8 Å². The molecule has 0 spiro atoms. The predicted molar refractivity (Wildman–Crippen MR) is 110 cm³/mol. The van der Waals surface area contributed by atoms with E-state index >= 15 is 0 Å². The molecule has 0 saturated carbocycles. The van der Waals surface area contributed by atoms with E-state index in [9.17, 15) is 9.59 Å². The third-order valence-electron chi connectivity index (χ3n) is 3.69. The summed E-state index contributed by atoms with van der Waals surface area (Å²) in [6, 6.07) is 11.0. The van der Waals surface area contributed by atoms with Gasteiger partial charge in [0.2, 0.25) is 0 Å². The Morgan fingerprint density at radius 1 is 1.19 bits per heavy atom. The van der Waals surface area contributed by atoms with E-state index in [0.717, 1.165) is 10.4 Å². The Kier molecular flexibility index (Phi) is 8.23. The molecule has 144 valence electrons. The summed E-state index contributed by atoms with van der Waals surface area (Å²) in [5.41, 5.74) is 1.81. The van der Waals surface area contributed by atoms with Crippen molar-refractivity contribution in [3.05, 3.63) is 63.5 Å². The Labute approximate surface area is 164 Å². The number of carbonyl (C=O) groups is 2. The lowest BCUT2D eigenvalue weighted by Gasteiger charge is -2.12. The second-order valence-corrected chi connectivity index (χ2v) is 7.40. The van der Waals surface area contributed by atoms with Crippen LogP contribution in [0, 0.1) is 6.92 Å². The molecule has 0 unspecified atom stereocenters. The third-order valence-corrected chi connectivity index (χ3v) is 4.51.